The van der Waals surface area contributed by atoms with Crippen molar-refractivity contribution in [1.82, 2.24) is 9.97 Å². The number of hydrogen-bond donors (Lipinski definition) is 2. The number of aromatic nitrogens is 2. The molecule has 12 heavy (non-hydrogen) atoms. The highest BCUT2D eigenvalue weighted by molar-refractivity contribution is 5.54. The third-order valence-corrected chi connectivity index (χ3v) is 1.50. The maximum absolute atomic E-state index is 5.61. The summed E-state index contributed by atoms with van der Waals surface area (Å²) >= 11 is 0. The Labute approximate surface area is 71.0 Å². The number of rotatable bonds is 3. The van der Waals surface area contributed by atoms with Gasteiger partial charge in [0.2, 0.25) is 0 Å². The summed E-state index contributed by atoms with van der Waals surface area (Å²) in [5.41, 5.74) is 6.41. The van der Waals surface area contributed by atoms with Gasteiger partial charge in [0.05, 0.1) is 12.2 Å². The Kier molecular flexibility index (Phi) is 2.82. The van der Waals surface area contributed by atoms with Crippen molar-refractivity contribution in [3.8, 4) is 0 Å². The molecule has 0 unspecified atom stereocenters. The molecule has 0 fully saturated rings. The van der Waals surface area contributed by atoms with E-state index in [0.717, 1.165) is 5.56 Å². The molecule has 1 aromatic rings. The van der Waals surface area contributed by atoms with Crippen molar-refractivity contribution >= 4 is 11.6 Å². The standard InChI is InChI=1S/C7H12N4O/c1-9-7-5(3-12-2)6(8)10-4-11-7/h4H,3H2,1-2H3,(H3,8,9,10,11). The molecule has 0 atom stereocenters. The van der Waals surface area contributed by atoms with Crippen molar-refractivity contribution in [3.05, 3.63) is 11.9 Å². The largest absolute Gasteiger partial charge is 0.383 e. The average molecular weight is 168 g/mol. The first-order valence-corrected chi connectivity index (χ1v) is 3.55. The third-order valence-electron chi connectivity index (χ3n) is 1.50. The minimum absolute atomic E-state index is 0.419. The molecule has 5 nitrogen and oxygen atoms in total. The SMILES string of the molecule is CNc1ncnc(N)c1COC. The molecule has 0 saturated carbocycles. The maximum Gasteiger partial charge on any atom is 0.136 e. The third kappa shape index (κ3) is 1.62. The number of nitrogen functional groups attached to an aromatic ring is 1. The van der Waals surface area contributed by atoms with E-state index in [4.69, 9.17) is 10.5 Å². The van der Waals surface area contributed by atoms with Gasteiger partial charge >= 0.3 is 0 Å². The molecule has 5 heteroatoms. The first kappa shape index (κ1) is 8.73. The molecule has 1 aromatic heterocycles. The normalized spacial score (nSPS) is 9.83. The number of methoxy groups -OCH3 is 1. The van der Waals surface area contributed by atoms with E-state index in [1.54, 1.807) is 14.2 Å². The lowest BCUT2D eigenvalue weighted by Crippen LogP contribution is -2.05. The lowest BCUT2D eigenvalue weighted by molar-refractivity contribution is 0.185. The molecule has 0 radical (unpaired) electrons. The van der Waals surface area contributed by atoms with Gasteiger partial charge in [-0.1, -0.05) is 0 Å². The van der Waals surface area contributed by atoms with Crippen LogP contribution in [0.5, 0.6) is 0 Å². The minimum atomic E-state index is 0.419. The Hall–Kier alpha value is -1.36. The fourth-order valence-electron chi connectivity index (χ4n) is 0.928. The Morgan fingerprint density at radius 1 is 1.58 bits per heavy atom. The zero-order valence-electron chi connectivity index (χ0n) is 7.16. The van der Waals surface area contributed by atoms with Crippen LogP contribution in [0.1, 0.15) is 5.56 Å². The lowest BCUT2D eigenvalue weighted by Gasteiger charge is -2.07. The quantitative estimate of drug-likeness (QED) is 0.676. The molecule has 0 aliphatic heterocycles. The second-order valence-corrected chi connectivity index (χ2v) is 2.27. The van der Waals surface area contributed by atoms with Crippen LogP contribution in [0.4, 0.5) is 11.6 Å². The second-order valence-electron chi connectivity index (χ2n) is 2.27. The van der Waals surface area contributed by atoms with E-state index in [1.807, 2.05) is 0 Å². The van der Waals surface area contributed by atoms with E-state index >= 15 is 0 Å². The van der Waals surface area contributed by atoms with Crippen molar-refractivity contribution in [2.24, 2.45) is 0 Å². The van der Waals surface area contributed by atoms with E-state index < -0.39 is 0 Å². The van der Waals surface area contributed by atoms with Crippen LogP contribution >= 0.6 is 0 Å². The van der Waals surface area contributed by atoms with Crippen LogP contribution < -0.4 is 11.1 Å². The first-order chi connectivity index (χ1) is 5.79. The van der Waals surface area contributed by atoms with Crippen LogP contribution in [0, 0.1) is 0 Å². The fraction of sp³-hybridized carbons (Fsp3) is 0.429. The maximum atomic E-state index is 5.61. The van der Waals surface area contributed by atoms with E-state index in [0.29, 0.717) is 18.2 Å². The molecule has 1 rings (SSSR count). The molecule has 0 aliphatic rings. The molecule has 0 amide bonds. The topological polar surface area (TPSA) is 73.1 Å². The van der Waals surface area contributed by atoms with E-state index in [9.17, 15) is 0 Å². The summed E-state index contributed by atoms with van der Waals surface area (Å²) in [4.78, 5) is 7.85. The molecule has 0 bridgehead atoms. The van der Waals surface area contributed by atoms with E-state index in [2.05, 4.69) is 15.3 Å². The van der Waals surface area contributed by atoms with Crippen molar-refractivity contribution in [2.75, 3.05) is 25.2 Å². The van der Waals surface area contributed by atoms with Gasteiger partial charge in [-0.25, -0.2) is 9.97 Å². The molecule has 1 heterocycles. The van der Waals surface area contributed by atoms with E-state index in [1.165, 1.54) is 6.33 Å². The minimum Gasteiger partial charge on any atom is -0.383 e. The average Bonchev–Trinajstić information content (AvgIpc) is 2.09. The Morgan fingerprint density at radius 2 is 2.33 bits per heavy atom. The number of nitrogens with two attached hydrogens (primary N) is 1. The lowest BCUT2D eigenvalue weighted by atomic mass is 10.3. The summed E-state index contributed by atoms with van der Waals surface area (Å²) in [5.74, 6) is 1.17. The van der Waals surface area contributed by atoms with Gasteiger partial charge < -0.3 is 15.8 Å². The zero-order valence-corrected chi connectivity index (χ0v) is 7.16. The zero-order chi connectivity index (χ0) is 8.97. The van der Waals surface area contributed by atoms with Crippen LogP contribution in [0.3, 0.4) is 0 Å². The van der Waals surface area contributed by atoms with Gasteiger partial charge in [-0.3, -0.25) is 0 Å². The summed E-state index contributed by atoms with van der Waals surface area (Å²) in [7, 11) is 3.38. The highest BCUT2D eigenvalue weighted by Gasteiger charge is 2.06. The number of hydrogen-bond acceptors (Lipinski definition) is 5. The monoisotopic (exact) mass is 168 g/mol. The number of nitrogens with zero attached hydrogens (tertiary/aromatic N) is 2. The van der Waals surface area contributed by atoms with Gasteiger partial charge in [0.1, 0.15) is 18.0 Å². The molecule has 0 aromatic carbocycles. The summed E-state index contributed by atoms with van der Waals surface area (Å²) < 4.78 is 4.95. The van der Waals surface area contributed by atoms with Crippen molar-refractivity contribution in [3.63, 3.8) is 0 Å². The molecular weight excluding hydrogens is 156 g/mol. The van der Waals surface area contributed by atoms with Gasteiger partial charge in [-0.15, -0.1) is 0 Å². The Morgan fingerprint density at radius 3 is 2.92 bits per heavy atom. The van der Waals surface area contributed by atoms with Crippen LogP contribution in [0.25, 0.3) is 0 Å². The van der Waals surface area contributed by atoms with Gasteiger partial charge in [-0.05, 0) is 0 Å². The smallest absolute Gasteiger partial charge is 0.136 e. The second kappa shape index (κ2) is 3.87. The molecule has 3 N–H and O–H groups in total. The van der Waals surface area contributed by atoms with Crippen LogP contribution in [0.15, 0.2) is 6.33 Å². The molecule has 0 spiro atoms. The molecular formula is C7H12N4O. The highest BCUT2D eigenvalue weighted by Crippen LogP contribution is 2.16. The van der Waals surface area contributed by atoms with Crippen molar-refractivity contribution in [1.29, 1.82) is 0 Å². The Bertz CT molecular complexity index is 264. The van der Waals surface area contributed by atoms with Gasteiger partial charge in [-0.2, -0.15) is 0 Å². The fourth-order valence-corrected chi connectivity index (χ4v) is 0.928. The van der Waals surface area contributed by atoms with Crippen molar-refractivity contribution in [2.45, 2.75) is 6.61 Å². The van der Waals surface area contributed by atoms with Gasteiger partial charge in [0, 0.05) is 14.2 Å². The predicted molar refractivity (Wildman–Crippen MR) is 46.7 cm³/mol. The summed E-state index contributed by atoms with van der Waals surface area (Å²) in [6.07, 6.45) is 1.42. The Balaban J connectivity index is 3.02. The highest BCUT2D eigenvalue weighted by atomic mass is 16.5. The van der Waals surface area contributed by atoms with Crippen LogP contribution in [-0.2, 0) is 11.3 Å². The van der Waals surface area contributed by atoms with Gasteiger partial charge in [0.15, 0.2) is 0 Å². The number of nitrogens with one attached hydrogen (secondary N) is 1. The predicted octanol–water partition coefficient (Wildman–Crippen LogP) is 0.247. The van der Waals surface area contributed by atoms with Gasteiger partial charge in [0.25, 0.3) is 0 Å². The molecule has 0 aliphatic carbocycles. The van der Waals surface area contributed by atoms with Crippen LogP contribution in [-0.4, -0.2) is 24.1 Å². The number of ether oxygens (including phenoxy) is 1. The summed E-state index contributed by atoms with van der Waals surface area (Å²) in [6.45, 7) is 0.419. The summed E-state index contributed by atoms with van der Waals surface area (Å²) in [6, 6.07) is 0. The molecule has 66 valence electrons. The first-order valence-electron chi connectivity index (χ1n) is 3.55. The van der Waals surface area contributed by atoms with Crippen molar-refractivity contribution < 1.29 is 4.74 Å². The van der Waals surface area contributed by atoms with E-state index in [-0.39, 0.29) is 0 Å². The number of anilines is 2. The molecule has 0 saturated heterocycles. The summed E-state index contributed by atoms with van der Waals surface area (Å²) in [5, 5.41) is 2.91. The van der Waals surface area contributed by atoms with Crippen LogP contribution in [0.2, 0.25) is 0 Å².